The van der Waals surface area contributed by atoms with Crippen LogP contribution in [0.5, 0.6) is 5.75 Å². The molecule has 23 heavy (non-hydrogen) atoms. The van der Waals surface area contributed by atoms with Crippen LogP contribution in [0.3, 0.4) is 0 Å². The molecule has 3 aromatic rings. The van der Waals surface area contributed by atoms with Crippen LogP contribution in [-0.2, 0) is 0 Å². The number of fused-ring (bicyclic) bond motifs is 1. The number of benzene rings is 2. The van der Waals surface area contributed by atoms with Crippen molar-refractivity contribution in [3.63, 3.8) is 0 Å². The van der Waals surface area contributed by atoms with Crippen LogP contribution in [0, 0.1) is 13.8 Å². The molecule has 0 saturated heterocycles. The fourth-order valence-corrected chi connectivity index (χ4v) is 3.01. The van der Waals surface area contributed by atoms with Crippen molar-refractivity contribution < 1.29 is 4.74 Å². The number of aromatic nitrogens is 1. The molecule has 1 aromatic heterocycles. The van der Waals surface area contributed by atoms with E-state index in [9.17, 15) is 0 Å². The average Bonchev–Trinajstić information content (AvgIpc) is 2.51. The Balaban J connectivity index is 2.22. The first-order valence-electron chi connectivity index (χ1n) is 8.05. The first kappa shape index (κ1) is 15.5. The summed E-state index contributed by atoms with van der Waals surface area (Å²) in [5.74, 6) is 1.33. The van der Waals surface area contributed by atoms with Crippen molar-refractivity contribution in [3.05, 3.63) is 59.2 Å². The highest BCUT2D eigenvalue weighted by molar-refractivity contribution is 5.85. The fraction of sp³-hybridized carbons (Fsp3) is 0.286. The monoisotopic (exact) mass is 305 g/mol. The number of methoxy groups -OCH3 is 1. The van der Waals surface area contributed by atoms with E-state index in [4.69, 9.17) is 9.72 Å². The van der Waals surface area contributed by atoms with E-state index in [0.717, 1.165) is 27.9 Å². The molecule has 0 aliphatic heterocycles. The molecular formula is C21H23NO. The van der Waals surface area contributed by atoms with Crippen molar-refractivity contribution >= 4 is 10.9 Å². The molecule has 0 unspecified atom stereocenters. The summed E-state index contributed by atoms with van der Waals surface area (Å²) in [4.78, 5) is 4.87. The molecule has 0 atom stereocenters. The summed E-state index contributed by atoms with van der Waals surface area (Å²) >= 11 is 0. The number of hydrogen-bond donors (Lipinski definition) is 0. The van der Waals surface area contributed by atoms with E-state index >= 15 is 0 Å². The van der Waals surface area contributed by atoms with Crippen molar-refractivity contribution in [2.75, 3.05) is 7.11 Å². The first-order chi connectivity index (χ1) is 11.0. The zero-order valence-corrected chi connectivity index (χ0v) is 14.5. The first-order valence-corrected chi connectivity index (χ1v) is 8.05. The van der Waals surface area contributed by atoms with Gasteiger partial charge in [-0.2, -0.15) is 0 Å². The van der Waals surface area contributed by atoms with E-state index < -0.39 is 0 Å². The normalized spacial score (nSPS) is 11.2. The van der Waals surface area contributed by atoms with Crippen molar-refractivity contribution in [1.82, 2.24) is 4.98 Å². The molecule has 0 amide bonds. The number of rotatable bonds is 3. The molecule has 2 aromatic carbocycles. The van der Waals surface area contributed by atoms with Gasteiger partial charge < -0.3 is 4.74 Å². The van der Waals surface area contributed by atoms with Gasteiger partial charge in [0.05, 0.1) is 12.6 Å². The van der Waals surface area contributed by atoms with Crippen LogP contribution in [0.15, 0.2) is 42.5 Å². The Bertz CT molecular complexity index is 845. The third-order valence-electron chi connectivity index (χ3n) is 4.19. The van der Waals surface area contributed by atoms with E-state index in [0.29, 0.717) is 5.92 Å². The minimum atomic E-state index is 0.504. The van der Waals surface area contributed by atoms with Crippen LogP contribution in [-0.4, -0.2) is 12.1 Å². The zero-order valence-electron chi connectivity index (χ0n) is 14.5. The maximum atomic E-state index is 5.63. The molecule has 0 saturated carbocycles. The van der Waals surface area contributed by atoms with Crippen LogP contribution in [0.25, 0.3) is 22.2 Å². The molecule has 0 aliphatic carbocycles. The van der Waals surface area contributed by atoms with Crippen LogP contribution in [0.1, 0.15) is 36.5 Å². The summed E-state index contributed by atoms with van der Waals surface area (Å²) in [5, 5.41) is 1.13. The maximum Gasteiger partial charge on any atom is 0.145 e. The SMILES string of the molecule is COc1cc2cc(C(C)C)ccc2nc1-c1cc(C)cc(C)c1. The molecule has 0 N–H and O–H groups in total. The van der Waals surface area contributed by atoms with Gasteiger partial charge in [0.1, 0.15) is 11.4 Å². The molecule has 0 aliphatic rings. The lowest BCUT2D eigenvalue weighted by molar-refractivity contribution is 0.415. The van der Waals surface area contributed by atoms with Crippen molar-refractivity contribution in [3.8, 4) is 17.0 Å². The molecule has 2 nitrogen and oxygen atoms in total. The quantitative estimate of drug-likeness (QED) is 0.623. The van der Waals surface area contributed by atoms with Crippen molar-refractivity contribution in [1.29, 1.82) is 0 Å². The molecular weight excluding hydrogens is 282 g/mol. The van der Waals surface area contributed by atoms with E-state index in [2.05, 4.69) is 70.2 Å². The average molecular weight is 305 g/mol. The number of ether oxygens (including phenoxy) is 1. The smallest absolute Gasteiger partial charge is 0.145 e. The third kappa shape index (κ3) is 3.07. The van der Waals surface area contributed by atoms with Gasteiger partial charge in [-0.15, -0.1) is 0 Å². The molecule has 3 rings (SSSR count). The summed E-state index contributed by atoms with van der Waals surface area (Å²) in [6.07, 6.45) is 0. The van der Waals surface area contributed by atoms with E-state index in [1.807, 2.05) is 0 Å². The zero-order chi connectivity index (χ0) is 16.6. The Morgan fingerprint density at radius 2 is 1.61 bits per heavy atom. The Morgan fingerprint density at radius 3 is 2.22 bits per heavy atom. The minimum Gasteiger partial charge on any atom is -0.494 e. The molecule has 0 radical (unpaired) electrons. The lowest BCUT2D eigenvalue weighted by Crippen LogP contribution is -1.95. The largest absolute Gasteiger partial charge is 0.494 e. The summed E-state index contributed by atoms with van der Waals surface area (Å²) in [6, 6.07) is 15.1. The van der Waals surface area contributed by atoms with E-state index in [-0.39, 0.29) is 0 Å². The summed E-state index contributed by atoms with van der Waals surface area (Å²) < 4.78 is 5.63. The van der Waals surface area contributed by atoms with Gasteiger partial charge in [-0.25, -0.2) is 4.98 Å². The van der Waals surface area contributed by atoms with Gasteiger partial charge in [0.2, 0.25) is 0 Å². The van der Waals surface area contributed by atoms with E-state index in [1.54, 1.807) is 7.11 Å². The van der Waals surface area contributed by atoms with Crippen molar-refractivity contribution in [2.45, 2.75) is 33.6 Å². The van der Waals surface area contributed by atoms with Gasteiger partial charge in [0, 0.05) is 10.9 Å². The van der Waals surface area contributed by atoms with Gasteiger partial charge >= 0.3 is 0 Å². The second kappa shape index (κ2) is 6.04. The van der Waals surface area contributed by atoms with Crippen LogP contribution >= 0.6 is 0 Å². The van der Waals surface area contributed by atoms with Crippen molar-refractivity contribution in [2.24, 2.45) is 0 Å². The number of pyridine rings is 1. The Morgan fingerprint density at radius 1 is 0.913 bits per heavy atom. The molecule has 1 heterocycles. The van der Waals surface area contributed by atoms with Gasteiger partial charge in [-0.05, 0) is 55.7 Å². The van der Waals surface area contributed by atoms with Gasteiger partial charge in [0.15, 0.2) is 0 Å². The topological polar surface area (TPSA) is 22.1 Å². The Hall–Kier alpha value is -2.35. The van der Waals surface area contributed by atoms with E-state index in [1.165, 1.54) is 16.7 Å². The molecule has 2 heteroatoms. The van der Waals surface area contributed by atoms with Crippen LogP contribution in [0.2, 0.25) is 0 Å². The highest BCUT2D eigenvalue weighted by Crippen LogP contribution is 2.33. The van der Waals surface area contributed by atoms with Gasteiger partial charge in [0.25, 0.3) is 0 Å². The Kier molecular flexibility index (Phi) is 4.08. The predicted octanol–water partition coefficient (Wildman–Crippen LogP) is 5.65. The summed E-state index contributed by atoms with van der Waals surface area (Å²) in [7, 11) is 1.71. The third-order valence-corrected chi connectivity index (χ3v) is 4.19. The highest BCUT2D eigenvalue weighted by Gasteiger charge is 2.12. The second-order valence-electron chi connectivity index (χ2n) is 6.52. The maximum absolute atomic E-state index is 5.63. The van der Waals surface area contributed by atoms with Gasteiger partial charge in [-0.3, -0.25) is 0 Å². The van der Waals surface area contributed by atoms with Gasteiger partial charge in [-0.1, -0.05) is 37.1 Å². The fourth-order valence-electron chi connectivity index (χ4n) is 3.01. The van der Waals surface area contributed by atoms with Crippen LogP contribution < -0.4 is 4.74 Å². The number of nitrogens with zero attached hydrogens (tertiary/aromatic N) is 1. The minimum absolute atomic E-state index is 0.504. The predicted molar refractivity (Wildman–Crippen MR) is 97.3 cm³/mol. The second-order valence-corrected chi connectivity index (χ2v) is 6.52. The molecule has 118 valence electrons. The lowest BCUT2D eigenvalue weighted by Gasteiger charge is -2.13. The summed E-state index contributed by atoms with van der Waals surface area (Å²) in [5.41, 5.74) is 6.81. The molecule has 0 bridgehead atoms. The number of aryl methyl sites for hydroxylation is 2. The Labute approximate surface area is 138 Å². The lowest BCUT2D eigenvalue weighted by atomic mass is 9.99. The standard InChI is InChI=1S/C21H23NO/c1-13(2)16-6-7-19-17(11-16)12-20(23-5)21(22-19)18-9-14(3)8-15(4)10-18/h6-13H,1-5H3. The van der Waals surface area contributed by atoms with Crippen LogP contribution in [0.4, 0.5) is 0 Å². The number of hydrogen-bond acceptors (Lipinski definition) is 2. The molecule has 0 spiro atoms. The molecule has 0 fully saturated rings. The summed E-state index contributed by atoms with van der Waals surface area (Å²) in [6.45, 7) is 8.63. The highest BCUT2D eigenvalue weighted by atomic mass is 16.5.